The first-order chi connectivity index (χ1) is 7.37. The molecule has 1 heteroatoms. The first kappa shape index (κ1) is 16.0. The van der Waals surface area contributed by atoms with Crippen molar-refractivity contribution in [2.45, 2.75) is 60.3 Å². The largest absolute Gasteiger partial charge is 0.328 e. The van der Waals surface area contributed by atoms with E-state index in [-0.39, 0.29) is 0 Å². The molecule has 16 heavy (non-hydrogen) atoms. The molecule has 1 unspecified atom stereocenters. The molecule has 0 bridgehead atoms. The van der Waals surface area contributed by atoms with Crippen LogP contribution in [0, 0.1) is 11.3 Å². The highest BCUT2D eigenvalue weighted by atomic mass is 15.3. The molecule has 0 fully saturated rings. The minimum atomic E-state index is 0.551. The summed E-state index contributed by atoms with van der Waals surface area (Å²) in [5, 5.41) is 0. The van der Waals surface area contributed by atoms with Crippen molar-refractivity contribution in [3.8, 4) is 0 Å². The quantitative estimate of drug-likeness (QED) is 0.543. The fourth-order valence-corrected chi connectivity index (χ4v) is 3.03. The Bertz CT molecular complexity index is 180. The van der Waals surface area contributed by atoms with Crippen molar-refractivity contribution in [2.24, 2.45) is 11.3 Å². The second-order valence-corrected chi connectivity index (χ2v) is 6.17. The number of hydrogen-bond donors (Lipinski definition) is 0. The lowest BCUT2D eigenvalue weighted by molar-refractivity contribution is -0.896. The number of hydrogen-bond acceptors (Lipinski definition) is 0. The minimum absolute atomic E-state index is 0.551. The van der Waals surface area contributed by atoms with E-state index >= 15 is 0 Å². The third kappa shape index (κ3) is 4.08. The summed E-state index contributed by atoms with van der Waals surface area (Å²) in [7, 11) is 4.75. The summed E-state index contributed by atoms with van der Waals surface area (Å²) in [5.74, 6) is 0.858. The van der Waals surface area contributed by atoms with Crippen molar-refractivity contribution in [3.05, 3.63) is 0 Å². The van der Waals surface area contributed by atoms with E-state index in [9.17, 15) is 0 Å². The van der Waals surface area contributed by atoms with Gasteiger partial charge in [0, 0.05) is 5.41 Å². The zero-order valence-electron chi connectivity index (χ0n) is 12.8. The Balaban J connectivity index is 4.80. The van der Waals surface area contributed by atoms with E-state index in [0.717, 1.165) is 10.4 Å². The van der Waals surface area contributed by atoms with Gasteiger partial charge in [0.25, 0.3) is 0 Å². The lowest BCUT2D eigenvalue weighted by atomic mass is 9.69. The second-order valence-electron chi connectivity index (χ2n) is 6.17. The summed E-state index contributed by atoms with van der Waals surface area (Å²) in [6, 6.07) is 0. The van der Waals surface area contributed by atoms with Crippen LogP contribution in [0.3, 0.4) is 0 Å². The Kier molecular flexibility index (Phi) is 6.62. The predicted molar refractivity (Wildman–Crippen MR) is 74.6 cm³/mol. The molecule has 0 rings (SSSR count). The van der Waals surface area contributed by atoms with E-state index in [4.69, 9.17) is 0 Å². The molecule has 1 atom stereocenters. The van der Waals surface area contributed by atoms with Gasteiger partial charge in [-0.05, 0) is 25.7 Å². The van der Waals surface area contributed by atoms with Gasteiger partial charge in [0.1, 0.15) is 0 Å². The summed E-state index contributed by atoms with van der Waals surface area (Å²) < 4.78 is 1.16. The fraction of sp³-hybridized carbons (Fsp3) is 1.00. The van der Waals surface area contributed by atoms with E-state index in [1.165, 1.54) is 38.8 Å². The van der Waals surface area contributed by atoms with Crippen LogP contribution in [0.15, 0.2) is 0 Å². The van der Waals surface area contributed by atoms with Crippen molar-refractivity contribution in [2.75, 3.05) is 27.2 Å². The predicted octanol–water partition coefficient (Wildman–Crippen LogP) is 4.33. The van der Waals surface area contributed by atoms with Crippen LogP contribution in [0.4, 0.5) is 0 Å². The Morgan fingerprint density at radius 1 is 1.00 bits per heavy atom. The van der Waals surface area contributed by atoms with Crippen molar-refractivity contribution in [1.29, 1.82) is 0 Å². The van der Waals surface area contributed by atoms with Crippen LogP contribution in [0.2, 0.25) is 0 Å². The normalized spacial score (nSPS) is 15.2. The summed E-state index contributed by atoms with van der Waals surface area (Å²) in [6.45, 7) is 14.4. The van der Waals surface area contributed by atoms with Gasteiger partial charge < -0.3 is 4.48 Å². The zero-order chi connectivity index (χ0) is 12.8. The molecule has 98 valence electrons. The SMILES string of the molecule is CCCC(C)C(CC)(CC)C[N+](C)(C)CC. The molecule has 0 aliphatic heterocycles. The molecule has 0 radical (unpaired) electrons. The van der Waals surface area contributed by atoms with Crippen molar-refractivity contribution in [3.63, 3.8) is 0 Å². The van der Waals surface area contributed by atoms with Gasteiger partial charge in [0.2, 0.25) is 0 Å². The molecule has 0 heterocycles. The number of nitrogens with zero attached hydrogens (tertiary/aromatic N) is 1. The van der Waals surface area contributed by atoms with Crippen LogP contribution in [0.5, 0.6) is 0 Å². The Labute approximate surface area is 104 Å². The molecule has 0 aliphatic rings. The summed E-state index contributed by atoms with van der Waals surface area (Å²) in [5.41, 5.74) is 0.551. The van der Waals surface area contributed by atoms with Gasteiger partial charge >= 0.3 is 0 Å². The summed E-state index contributed by atoms with van der Waals surface area (Å²) in [4.78, 5) is 0. The molecular formula is C15H34N+. The smallest absolute Gasteiger partial charge is 0.0841 e. The topological polar surface area (TPSA) is 0 Å². The average molecular weight is 228 g/mol. The van der Waals surface area contributed by atoms with Gasteiger partial charge in [-0.3, -0.25) is 0 Å². The second kappa shape index (κ2) is 6.64. The van der Waals surface area contributed by atoms with Gasteiger partial charge in [-0.15, -0.1) is 0 Å². The monoisotopic (exact) mass is 228 g/mol. The van der Waals surface area contributed by atoms with Crippen LogP contribution in [-0.2, 0) is 0 Å². The maximum atomic E-state index is 2.46. The van der Waals surface area contributed by atoms with Gasteiger partial charge in [-0.2, -0.15) is 0 Å². The van der Waals surface area contributed by atoms with E-state index in [1.54, 1.807) is 0 Å². The van der Waals surface area contributed by atoms with E-state index in [2.05, 4.69) is 48.7 Å². The third-order valence-electron chi connectivity index (χ3n) is 4.77. The van der Waals surface area contributed by atoms with Crippen LogP contribution in [0.1, 0.15) is 60.3 Å². The van der Waals surface area contributed by atoms with Crippen molar-refractivity contribution < 1.29 is 4.48 Å². The van der Waals surface area contributed by atoms with E-state index in [1.807, 2.05) is 0 Å². The first-order valence-electron chi connectivity index (χ1n) is 7.19. The van der Waals surface area contributed by atoms with Gasteiger partial charge in [-0.1, -0.05) is 40.5 Å². The average Bonchev–Trinajstić information content (AvgIpc) is 2.26. The maximum absolute atomic E-state index is 2.46. The lowest BCUT2D eigenvalue weighted by Gasteiger charge is -2.44. The molecule has 0 aromatic rings. The molecule has 0 saturated carbocycles. The Morgan fingerprint density at radius 2 is 1.50 bits per heavy atom. The van der Waals surface area contributed by atoms with Crippen molar-refractivity contribution >= 4 is 0 Å². The first-order valence-corrected chi connectivity index (χ1v) is 7.19. The van der Waals surface area contributed by atoms with Gasteiger partial charge in [-0.25, -0.2) is 0 Å². The van der Waals surface area contributed by atoms with Crippen LogP contribution >= 0.6 is 0 Å². The lowest BCUT2D eigenvalue weighted by Crippen LogP contribution is -2.50. The molecular weight excluding hydrogens is 194 g/mol. The Hall–Kier alpha value is -0.0400. The number of rotatable bonds is 8. The molecule has 0 aromatic heterocycles. The maximum Gasteiger partial charge on any atom is 0.0841 e. The minimum Gasteiger partial charge on any atom is -0.328 e. The molecule has 1 nitrogen and oxygen atoms in total. The molecule has 0 aromatic carbocycles. The highest BCUT2D eigenvalue weighted by Gasteiger charge is 2.37. The summed E-state index contributed by atoms with van der Waals surface area (Å²) in [6.07, 6.45) is 5.35. The Morgan fingerprint density at radius 3 is 1.81 bits per heavy atom. The van der Waals surface area contributed by atoms with Crippen LogP contribution in [0.25, 0.3) is 0 Å². The third-order valence-corrected chi connectivity index (χ3v) is 4.77. The zero-order valence-corrected chi connectivity index (χ0v) is 12.8. The molecule has 0 N–H and O–H groups in total. The molecule has 0 aliphatic carbocycles. The van der Waals surface area contributed by atoms with Crippen LogP contribution in [-0.4, -0.2) is 31.7 Å². The molecule has 0 amide bonds. The van der Waals surface area contributed by atoms with Gasteiger partial charge in [0.15, 0.2) is 0 Å². The van der Waals surface area contributed by atoms with E-state index in [0.29, 0.717) is 5.41 Å². The van der Waals surface area contributed by atoms with E-state index < -0.39 is 0 Å². The fourth-order valence-electron chi connectivity index (χ4n) is 3.03. The highest BCUT2D eigenvalue weighted by Crippen LogP contribution is 2.39. The highest BCUT2D eigenvalue weighted by molar-refractivity contribution is 4.82. The molecule has 0 saturated heterocycles. The summed E-state index contributed by atoms with van der Waals surface area (Å²) >= 11 is 0. The molecule has 0 spiro atoms. The van der Waals surface area contributed by atoms with Crippen LogP contribution < -0.4 is 0 Å². The standard InChI is InChI=1S/C15H34N/c1-8-12-14(5)15(9-2,10-3)13-16(6,7)11-4/h14H,8-13H2,1-7H3/q+1. The van der Waals surface area contributed by atoms with Crippen molar-refractivity contribution in [1.82, 2.24) is 0 Å². The van der Waals surface area contributed by atoms with Gasteiger partial charge in [0.05, 0.1) is 27.2 Å². The number of quaternary nitrogens is 1.